The number of anilines is 1. The van der Waals surface area contributed by atoms with Crippen molar-refractivity contribution in [2.45, 2.75) is 51.3 Å². The lowest BCUT2D eigenvalue weighted by molar-refractivity contribution is -0.0665. The van der Waals surface area contributed by atoms with Gasteiger partial charge in [0.1, 0.15) is 11.4 Å². The number of hydrogen-bond acceptors (Lipinski definition) is 8. The number of carbonyl (C=O) groups excluding carboxylic acids is 1. The van der Waals surface area contributed by atoms with Gasteiger partial charge in [-0.15, -0.1) is 0 Å². The predicted octanol–water partition coefficient (Wildman–Crippen LogP) is 3.53. The quantitative estimate of drug-likeness (QED) is 0.652. The third kappa shape index (κ3) is 3.05. The van der Waals surface area contributed by atoms with Crippen LogP contribution in [0.25, 0.3) is 6.08 Å². The number of allylic oxidation sites excluding steroid dienone is 1. The summed E-state index contributed by atoms with van der Waals surface area (Å²) in [5.41, 5.74) is 0.653. The molecule has 1 aromatic heterocycles. The summed E-state index contributed by atoms with van der Waals surface area (Å²) in [5.74, 6) is 0.464. The second kappa shape index (κ2) is 7.02. The van der Waals surface area contributed by atoms with Crippen LogP contribution >= 0.6 is 0 Å². The van der Waals surface area contributed by atoms with Crippen molar-refractivity contribution in [1.82, 2.24) is 14.9 Å². The van der Waals surface area contributed by atoms with Crippen LogP contribution in [0, 0.1) is 41.9 Å². The fourth-order valence-corrected chi connectivity index (χ4v) is 5.42. The summed E-state index contributed by atoms with van der Waals surface area (Å²) in [7, 11) is 1.51. The minimum atomic E-state index is -1.64. The average Bonchev–Trinajstić information content (AvgIpc) is 2.91. The van der Waals surface area contributed by atoms with Crippen LogP contribution in [0.2, 0.25) is 0 Å². The molecule has 0 spiro atoms. The number of aryl methyl sites for hydroxylation is 2. The molecule has 1 unspecified atom stereocenters. The molecule has 2 aromatic rings. The number of carbonyl (C=O) groups is 1. The van der Waals surface area contributed by atoms with Crippen LogP contribution in [-0.4, -0.2) is 38.5 Å². The Labute approximate surface area is 197 Å². The van der Waals surface area contributed by atoms with Crippen molar-refractivity contribution in [3.63, 3.8) is 0 Å². The molecule has 172 valence electrons. The molecule has 3 saturated carbocycles. The molecular weight excluding hydrogens is 432 g/mol. The van der Waals surface area contributed by atoms with Crippen molar-refractivity contribution in [3.05, 3.63) is 46.2 Å². The molecular formula is C25H24N6O3. The molecule has 2 N–H and O–H groups in total. The first kappa shape index (κ1) is 21.9. The zero-order valence-electron chi connectivity index (χ0n) is 19.4. The summed E-state index contributed by atoms with van der Waals surface area (Å²) in [6, 6.07) is 8.12. The summed E-state index contributed by atoms with van der Waals surface area (Å²) in [6.07, 6.45) is 5.27. The van der Waals surface area contributed by atoms with Crippen molar-refractivity contribution in [3.8, 4) is 23.8 Å². The van der Waals surface area contributed by atoms with E-state index in [1.165, 1.54) is 24.9 Å². The number of aromatic nitrogens is 2. The van der Waals surface area contributed by atoms with Crippen LogP contribution in [0.1, 0.15) is 58.9 Å². The second-order valence-corrected chi connectivity index (χ2v) is 9.84. The first-order chi connectivity index (χ1) is 16.0. The van der Waals surface area contributed by atoms with E-state index in [9.17, 15) is 15.2 Å². The normalized spacial score (nSPS) is 28.6. The zero-order chi connectivity index (χ0) is 24.5. The number of fused-ring (bicyclic) bond motifs is 1. The Balaban J connectivity index is 1.56. The maximum atomic E-state index is 12.9. The van der Waals surface area contributed by atoms with Gasteiger partial charge in [-0.1, -0.05) is 0 Å². The van der Waals surface area contributed by atoms with E-state index in [4.69, 9.17) is 10.00 Å². The summed E-state index contributed by atoms with van der Waals surface area (Å²) < 4.78 is 6.26. The third-order valence-corrected chi connectivity index (χ3v) is 7.19. The van der Waals surface area contributed by atoms with E-state index in [-0.39, 0.29) is 34.0 Å². The molecule has 1 aromatic carbocycles. The highest BCUT2D eigenvalue weighted by Crippen LogP contribution is 2.67. The van der Waals surface area contributed by atoms with Crippen LogP contribution < -0.4 is 10.1 Å². The summed E-state index contributed by atoms with van der Waals surface area (Å²) in [6.45, 7) is 5.27. The van der Waals surface area contributed by atoms with Gasteiger partial charge in [-0.2, -0.15) is 15.5 Å². The van der Waals surface area contributed by atoms with Crippen LogP contribution in [-0.2, 0) is 5.72 Å². The minimum Gasteiger partial charge on any atom is -0.438 e. The Morgan fingerprint density at radius 3 is 2.44 bits per heavy atom. The highest BCUT2D eigenvalue weighted by Gasteiger charge is 2.69. The lowest BCUT2D eigenvalue weighted by atomic mass is 9.40. The minimum absolute atomic E-state index is 0.0884. The Morgan fingerprint density at radius 2 is 1.85 bits per heavy atom. The van der Waals surface area contributed by atoms with Crippen molar-refractivity contribution in [2.75, 3.05) is 12.4 Å². The van der Waals surface area contributed by atoms with E-state index in [0.717, 1.165) is 16.7 Å². The molecule has 34 heavy (non-hydrogen) atoms. The smallest absolute Gasteiger partial charge is 0.275 e. The highest BCUT2D eigenvalue weighted by atomic mass is 16.5. The van der Waals surface area contributed by atoms with E-state index in [1.54, 1.807) is 6.08 Å². The fourth-order valence-electron chi connectivity index (χ4n) is 5.42. The van der Waals surface area contributed by atoms with Gasteiger partial charge in [0.25, 0.3) is 5.91 Å². The van der Waals surface area contributed by atoms with E-state index in [2.05, 4.69) is 21.4 Å². The van der Waals surface area contributed by atoms with E-state index in [0.29, 0.717) is 25.0 Å². The summed E-state index contributed by atoms with van der Waals surface area (Å²) in [4.78, 5) is 23.1. The van der Waals surface area contributed by atoms with Gasteiger partial charge in [0.2, 0.25) is 11.8 Å². The second-order valence-electron chi connectivity index (χ2n) is 9.84. The average molecular weight is 457 g/mol. The molecule has 2 heterocycles. The van der Waals surface area contributed by atoms with Gasteiger partial charge < -0.3 is 20.1 Å². The van der Waals surface area contributed by atoms with E-state index in [1.807, 2.05) is 32.0 Å². The van der Waals surface area contributed by atoms with E-state index < -0.39 is 11.6 Å². The van der Waals surface area contributed by atoms with Gasteiger partial charge in [0.15, 0.2) is 5.72 Å². The molecule has 0 saturated heterocycles. The molecule has 3 fully saturated rings. The molecule has 1 atom stereocenters. The number of nitriles is 2. The lowest BCUT2D eigenvalue weighted by Gasteiger charge is -2.66. The maximum Gasteiger partial charge on any atom is 0.275 e. The number of ether oxygens (including phenoxy) is 1. The molecule has 1 aliphatic heterocycles. The molecule has 0 radical (unpaired) electrons. The number of nitrogens with zero attached hydrogens (tertiary/aromatic N) is 5. The van der Waals surface area contributed by atoms with Crippen molar-refractivity contribution >= 4 is 17.9 Å². The van der Waals surface area contributed by atoms with Crippen LogP contribution in [0.5, 0.6) is 11.6 Å². The SMILES string of the molecule is Cc1cc(/C=C/C#N)cc(C)c1Oc1nc(NC23CC(C#N)(C2)C3)nc2c1C(C)(O)N(C)C2=O. The topological polar surface area (TPSA) is 135 Å². The van der Waals surface area contributed by atoms with Crippen molar-refractivity contribution < 1.29 is 14.6 Å². The van der Waals surface area contributed by atoms with Gasteiger partial charge in [0, 0.05) is 18.7 Å². The third-order valence-electron chi connectivity index (χ3n) is 7.19. The molecule has 3 aliphatic carbocycles. The van der Waals surface area contributed by atoms with E-state index >= 15 is 0 Å². The Bertz CT molecular complexity index is 1320. The van der Waals surface area contributed by atoms with Gasteiger partial charge >= 0.3 is 0 Å². The van der Waals surface area contributed by atoms with Gasteiger partial charge in [-0.25, -0.2) is 4.98 Å². The van der Waals surface area contributed by atoms with Crippen molar-refractivity contribution in [1.29, 1.82) is 10.5 Å². The molecule has 6 rings (SSSR count). The van der Waals surface area contributed by atoms with Crippen LogP contribution in [0.4, 0.5) is 5.95 Å². The largest absolute Gasteiger partial charge is 0.438 e. The zero-order valence-corrected chi connectivity index (χ0v) is 19.4. The molecule has 1 amide bonds. The number of rotatable bonds is 5. The number of aliphatic hydroxyl groups is 1. The predicted molar refractivity (Wildman–Crippen MR) is 123 cm³/mol. The standard InChI is InChI=1S/C25H24N6O3/c1-14-8-16(6-5-7-26)9-15(2)19(14)34-20-17-18(21(32)31(4)23(17,3)33)28-22(29-20)30-25-10-24(11-25,12-25)13-27/h5-6,8-9,33H,10-12H2,1-4H3,(H,28,29,30)/b6-5+. The molecule has 9 nitrogen and oxygen atoms in total. The molecule has 9 heteroatoms. The number of hydrogen-bond donors (Lipinski definition) is 2. The Hall–Kier alpha value is -3.95. The highest BCUT2D eigenvalue weighted by molar-refractivity contribution is 5.98. The fraction of sp³-hybridized carbons (Fsp3) is 0.400. The first-order valence-corrected chi connectivity index (χ1v) is 11.0. The Morgan fingerprint density at radius 1 is 1.21 bits per heavy atom. The maximum absolute atomic E-state index is 12.9. The first-order valence-electron chi connectivity index (χ1n) is 11.0. The number of benzene rings is 1. The Kier molecular flexibility index (Phi) is 4.52. The van der Waals surface area contributed by atoms with Gasteiger partial charge in [-0.05, 0) is 74.9 Å². The monoisotopic (exact) mass is 456 g/mol. The molecule has 2 bridgehead atoms. The van der Waals surface area contributed by atoms with Gasteiger partial charge in [0.05, 0.1) is 23.1 Å². The number of amides is 1. The molecule has 4 aliphatic rings. The van der Waals surface area contributed by atoms with Crippen LogP contribution in [0.3, 0.4) is 0 Å². The number of nitrogens with one attached hydrogen (secondary N) is 1. The van der Waals surface area contributed by atoms with Crippen LogP contribution in [0.15, 0.2) is 18.2 Å². The summed E-state index contributed by atoms with van der Waals surface area (Å²) >= 11 is 0. The van der Waals surface area contributed by atoms with Crippen molar-refractivity contribution in [2.24, 2.45) is 5.41 Å². The lowest BCUT2D eigenvalue weighted by Crippen LogP contribution is -2.70. The summed E-state index contributed by atoms with van der Waals surface area (Å²) in [5, 5.41) is 32.6. The van der Waals surface area contributed by atoms with Gasteiger partial charge in [-0.3, -0.25) is 4.79 Å².